The molecule has 0 fully saturated rings. The number of hydrogen-bond acceptors (Lipinski definition) is 3. The Morgan fingerprint density at radius 3 is 1.92 bits per heavy atom. The van der Waals surface area contributed by atoms with Crippen molar-refractivity contribution >= 4 is 49.4 Å². The fraction of sp³-hybridized carbons (Fsp3) is 0.174. The number of alkyl halides is 9. The van der Waals surface area contributed by atoms with E-state index in [0.717, 1.165) is 0 Å². The lowest BCUT2D eigenvalue weighted by Crippen LogP contribution is -2.59. The van der Waals surface area contributed by atoms with Crippen LogP contribution in [0.2, 0.25) is 0 Å². The Bertz CT molecular complexity index is 1420. The molecule has 208 valence electrons. The number of halogens is 11. The van der Waals surface area contributed by atoms with E-state index < -0.39 is 56.0 Å². The van der Waals surface area contributed by atoms with Gasteiger partial charge in [0.15, 0.2) is 0 Å². The minimum atomic E-state index is -6.89. The van der Waals surface area contributed by atoms with Crippen LogP contribution in [0.15, 0.2) is 63.7 Å². The third-order valence-electron chi connectivity index (χ3n) is 5.33. The van der Waals surface area contributed by atoms with Crippen LogP contribution in [-0.4, -0.2) is 35.1 Å². The van der Waals surface area contributed by atoms with Crippen molar-refractivity contribution in [2.24, 2.45) is 5.73 Å². The van der Waals surface area contributed by atoms with Crippen LogP contribution in [0, 0.1) is 0 Å². The Balaban J connectivity index is 2.03. The van der Waals surface area contributed by atoms with Crippen molar-refractivity contribution in [2.45, 2.75) is 23.9 Å². The Morgan fingerprint density at radius 2 is 1.41 bits per heavy atom. The molecule has 0 bridgehead atoms. The molecule has 3 N–H and O–H groups in total. The summed E-state index contributed by atoms with van der Waals surface area (Å²) in [5, 5.41) is 2.24. The Morgan fingerprint density at radius 1 is 0.821 bits per heavy atom. The van der Waals surface area contributed by atoms with Gasteiger partial charge in [0.2, 0.25) is 0 Å². The lowest BCUT2D eigenvalue weighted by atomic mass is 9.87. The summed E-state index contributed by atoms with van der Waals surface area (Å²) in [6.45, 7) is 0. The van der Waals surface area contributed by atoms with E-state index in [-0.39, 0.29) is 34.5 Å². The van der Waals surface area contributed by atoms with E-state index in [9.17, 15) is 49.1 Å². The highest BCUT2D eigenvalue weighted by Crippen LogP contribution is 2.59. The van der Waals surface area contributed by atoms with Gasteiger partial charge in [0, 0.05) is 31.8 Å². The van der Waals surface area contributed by atoms with Gasteiger partial charge >= 0.3 is 23.9 Å². The molecular weight excluding hydrogens is 681 g/mol. The van der Waals surface area contributed by atoms with Crippen LogP contribution in [0.1, 0.15) is 26.3 Å². The first kappa shape index (κ1) is 30.4. The van der Waals surface area contributed by atoms with Gasteiger partial charge in [-0.15, -0.1) is 0 Å². The number of aromatic nitrogens is 1. The molecule has 16 heteroatoms. The van der Waals surface area contributed by atoms with Crippen molar-refractivity contribution in [1.29, 1.82) is 0 Å². The fourth-order valence-corrected chi connectivity index (χ4v) is 4.82. The molecule has 0 radical (unpaired) electrons. The third-order valence-corrected chi connectivity index (χ3v) is 6.58. The normalized spacial score (nSPS) is 14.0. The number of rotatable bonds is 6. The molecule has 2 amide bonds. The number of hydrogen-bond donors (Lipinski definition) is 2. The molecule has 0 saturated heterocycles. The van der Waals surface area contributed by atoms with Gasteiger partial charge < -0.3 is 11.1 Å². The van der Waals surface area contributed by atoms with Crippen LogP contribution in [0.4, 0.5) is 45.2 Å². The van der Waals surface area contributed by atoms with E-state index in [1.165, 1.54) is 42.6 Å². The largest absolute Gasteiger partial charge is 0.457 e. The summed E-state index contributed by atoms with van der Waals surface area (Å²) in [4.78, 5) is 28.6. The molecule has 0 saturated carbocycles. The summed E-state index contributed by atoms with van der Waals surface area (Å²) in [5.74, 6) is -8.59. The van der Waals surface area contributed by atoms with E-state index >= 15 is 0 Å². The Hall–Kier alpha value is -3.14. The molecule has 0 aliphatic carbocycles. The average Bonchev–Trinajstić information content (AvgIpc) is 2.84. The fourth-order valence-electron chi connectivity index (χ4n) is 3.44. The number of benzene rings is 2. The molecule has 1 atom stereocenters. The van der Waals surface area contributed by atoms with Gasteiger partial charge in [0.25, 0.3) is 11.8 Å². The van der Waals surface area contributed by atoms with Crippen LogP contribution in [-0.2, 0) is 5.67 Å². The second-order valence-corrected chi connectivity index (χ2v) is 9.55. The Labute approximate surface area is 229 Å². The zero-order valence-electron chi connectivity index (χ0n) is 18.7. The van der Waals surface area contributed by atoms with Crippen molar-refractivity contribution < 1.29 is 49.1 Å². The lowest BCUT2D eigenvalue weighted by molar-refractivity contribution is -0.389. The minimum absolute atomic E-state index is 0.0335. The van der Waals surface area contributed by atoms with Crippen LogP contribution >= 0.6 is 31.9 Å². The van der Waals surface area contributed by atoms with E-state index in [1.54, 1.807) is 0 Å². The molecular formula is C23H12Br2F9N3O2. The van der Waals surface area contributed by atoms with Crippen molar-refractivity contribution in [3.05, 3.63) is 80.4 Å². The molecule has 1 aromatic heterocycles. The lowest BCUT2D eigenvalue weighted by Gasteiger charge is -2.36. The van der Waals surface area contributed by atoms with Gasteiger partial charge in [-0.2, -0.15) is 35.1 Å². The van der Waals surface area contributed by atoms with Gasteiger partial charge in [-0.05, 0) is 68.3 Å². The zero-order chi connectivity index (χ0) is 29.6. The minimum Gasteiger partial charge on any atom is -0.366 e. The van der Waals surface area contributed by atoms with E-state index in [4.69, 9.17) is 5.73 Å². The van der Waals surface area contributed by atoms with Crippen molar-refractivity contribution in [1.82, 2.24) is 4.98 Å². The second-order valence-electron chi connectivity index (χ2n) is 7.84. The molecule has 39 heavy (non-hydrogen) atoms. The highest BCUT2D eigenvalue weighted by atomic mass is 79.9. The van der Waals surface area contributed by atoms with Gasteiger partial charge in [0.05, 0.1) is 16.9 Å². The smallest absolute Gasteiger partial charge is 0.366 e. The van der Waals surface area contributed by atoms with Gasteiger partial charge in [-0.1, -0.05) is 12.1 Å². The molecule has 2 aromatic carbocycles. The van der Waals surface area contributed by atoms with Crippen LogP contribution in [0.5, 0.6) is 0 Å². The number of carbonyl (C=O) groups is 2. The van der Waals surface area contributed by atoms with Crippen LogP contribution in [0.3, 0.4) is 0 Å². The van der Waals surface area contributed by atoms with E-state index in [0.29, 0.717) is 0 Å². The molecule has 3 rings (SSSR count). The van der Waals surface area contributed by atoms with Gasteiger partial charge in [0.1, 0.15) is 0 Å². The number of pyridine rings is 1. The zero-order valence-corrected chi connectivity index (χ0v) is 21.9. The topological polar surface area (TPSA) is 85.1 Å². The number of nitrogens with two attached hydrogens (primary N) is 1. The standard InChI is InChI=1S/C23H12Br2F9N3O2/c24-14-8-12(20(26,22(29,30)31)21(27,28)23(32,33)34)9-15(25)17(14)37-19(39)11-4-1-3-10(7-11)16-13(18(35)38)5-2-6-36-16/h1-9H,(H2,35,38)(H,37,39). The van der Waals surface area contributed by atoms with Gasteiger partial charge in [-0.25, -0.2) is 4.39 Å². The first-order valence-electron chi connectivity index (χ1n) is 10.2. The molecule has 0 aliphatic heterocycles. The Kier molecular flexibility index (Phi) is 8.14. The quantitative estimate of drug-likeness (QED) is 0.262. The highest BCUT2D eigenvalue weighted by Gasteiger charge is 2.81. The molecule has 3 aromatic rings. The molecule has 1 unspecified atom stereocenters. The summed E-state index contributed by atoms with van der Waals surface area (Å²) < 4.78 is 120. The van der Waals surface area contributed by atoms with Crippen molar-refractivity contribution in [3.8, 4) is 11.3 Å². The predicted octanol–water partition coefficient (Wildman–Crippen LogP) is 7.55. The summed E-state index contributed by atoms with van der Waals surface area (Å²) in [5.41, 5.74) is -2.98. The maximum atomic E-state index is 14.9. The predicted molar refractivity (Wildman–Crippen MR) is 128 cm³/mol. The third kappa shape index (κ3) is 5.48. The van der Waals surface area contributed by atoms with Crippen LogP contribution in [0.25, 0.3) is 11.3 Å². The molecule has 0 aliphatic rings. The number of primary amides is 1. The summed E-state index contributed by atoms with van der Waals surface area (Å²) >= 11 is 5.37. The number of anilines is 1. The molecule has 1 heterocycles. The first-order chi connectivity index (χ1) is 17.8. The van der Waals surface area contributed by atoms with Crippen molar-refractivity contribution in [3.63, 3.8) is 0 Å². The average molecular weight is 693 g/mol. The first-order valence-corrected chi connectivity index (χ1v) is 11.8. The summed E-state index contributed by atoms with van der Waals surface area (Å²) in [7, 11) is 0. The monoisotopic (exact) mass is 691 g/mol. The maximum Gasteiger partial charge on any atom is 0.457 e. The number of amides is 2. The van der Waals surface area contributed by atoms with Gasteiger partial charge in [-0.3, -0.25) is 14.6 Å². The van der Waals surface area contributed by atoms with Crippen molar-refractivity contribution in [2.75, 3.05) is 5.32 Å². The summed E-state index contributed by atoms with van der Waals surface area (Å²) in [6.07, 6.45) is -12.2. The number of carbonyl (C=O) groups excluding carboxylic acids is 2. The maximum absolute atomic E-state index is 14.9. The molecule has 5 nitrogen and oxygen atoms in total. The highest BCUT2D eigenvalue weighted by molar-refractivity contribution is 9.11. The summed E-state index contributed by atoms with van der Waals surface area (Å²) in [6, 6.07) is 8.41. The number of nitrogens with zero attached hydrogens (tertiary/aromatic N) is 1. The SMILES string of the molecule is NC(=O)c1cccnc1-c1cccc(C(=O)Nc2c(Br)cc(C(F)(C(F)(F)F)C(F)(F)C(F)(F)F)cc2Br)c1. The molecule has 0 spiro atoms. The van der Waals surface area contributed by atoms with E-state index in [1.807, 2.05) is 0 Å². The number of nitrogens with one attached hydrogen (secondary N) is 1. The van der Waals surface area contributed by atoms with E-state index in [2.05, 4.69) is 42.2 Å². The second kappa shape index (κ2) is 10.4. The van der Waals surface area contributed by atoms with Crippen LogP contribution < -0.4 is 11.1 Å².